The monoisotopic (exact) mass is 350 g/mol. The number of unbranched alkanes of at least 4 members (excludes halogenated alkanes) is 7. The minimum atomic E-state index is -0.0609. The summed E-state index contributed by atoms with van der Waals surface area (Å²) in [7, 11) is 0. The topological polar surface area (TPSA) is 49.7 Å². The lowest BCUT2D eigenvalue weighted by atomic mass is 9.97. The lowest BCUT2D eigenvalue weighted by molar-refractivity contribution is 0.297. The average Bonchev–Trinajstić information content (AvgIpc) is 2.60. The van der Waals surface area contributed by atoms with Crippen molar-refractivity contribution in [2.45, 2.75) is 97.8 Å². The number of rotatable bonds is 14. The summed E-state index contributed by atoms with van der Waals surface area (Å²) in [6.45, 7) is 7.14. The fourth-order valence-electron chi connectivity index (χ4n) is 3.32. The van der Waals surface area contributed by atoms with Gasteiger partial charge in [-0.3, -0.25) is 0 Å². The third-order valence-corrected chi connectivity index (χ3v) is 4.71. The van der Waals surface area contributed by atoms with Gasteiger partial charge in [0.2, 0.25) is 0 Å². The normalized spacial score (nSPS) is 11.0. The van der Waals surface area contributed by atoms with E-state index in [1.54, 1.807) is 6.07 Å². The fraction of sp³-hybridized carbons (Fsp3) is 0.727. The maximum atomic E-state index is 10.2. The van der Waals surface area contributed by atoms with Crippen LogP contribution in [0.15, 0.2) is 6.07 Å². The molecule has 0 unspecified atom stereocenters. The van der Waals surface area contributed by atoms with E-state index < -0.39 is 0 Å². The van der Waals surface area contributed by atoms with Crippen LogP contribution < -0.4 is 4.74 Å². The molecule has 3 nitrogen and oxygen atoms in total. The molecule has 1 aromatic carbocycles. The molecule has 0 aliphatic rings. The number of aromatic hydroxyl groups is 2. The van der Waals surface area contributed by atoms with Gasteiger partial charge in [-0.2, -0.15) is 0 Å². The van der Waals surface area contributed by atoms with E-state index in [9.17, 15) is 10.2 Å². The lowest BCUT2D eigenvalue weighted by Crippen LogP contribution is -2.04. The molecule has 0 fully saturated rings. The van der Waals surface area contributed by atoms with Crippen molar-refractivity contribution in [2.24, 2.45) is 0 Å². The molecule has 0 spiro atoms. The standard InChI is InChI=1S/C22H38O3/c1-4-7-8-9-10-11-12-13-16-25-21-17-20(23)22(24)19(15-6-3)18(21)14-5-2/h17,23-24H,4-16H2,1-3H3. The minimum Gasteiger partial charge on any atom is -0.504 e. The summed E-state index contributed by atoms with van der Waals surface area (Å²) >= 11 is 0. The van der Waals surface area contributed by atoms with Crippen LogP contribution in [0, 0.1) is 0 Å². The maximum absolute atomic E-state index is 10.2. The molecule has 0 atom stereocenters. The zero-order valence-electron chi connectivity index (χ0n) is 16.6. The van der Waals surface area contributed by atoms with Crippen LogP contribution in [0.3, 0.4) is 0 Å². The van der Waals surface area contributed by atoms with Crippen LogP contribution in [0.5, 0.6) is 17.2 Å². The molecule has 0 aromatic heterocycles. The van der Waals surface area contributed by atoms with Crippen molar-refractivity contribution in [1.29, 1.82) is 0 Å². The Morgan fingerprint density at radius 1 is 0.720 bits per heavy atom. The molecular weight excluding hydrogens is 312 g/mol. The summed E-state index contributed by atoms with van der Waals surface area (Å²) in [5.74, 6) is 0.725. The molecule has 2 N–H and O–H groups in total. The van der Waals surface area contributed by atoms with E-state index in [0.717, 1.165) is 49.0 Å². The Morgan fingerprint density at radius 3 is 1.88 bits per heavy atom. The van der Waals surface area contributed by atoms with Crippen LogP contribution in [0.25, 0.3) is 0 Å². The molecule has 3 heteroatoms. The van der Waals surface area contributed by atoms with E-state index in [2.05, 4.69) is 20.8 Å². The zero-order valence-corrected chi connectivity index (χ0v) is 16.6. The molecule has 144 valence electrons. The van der Waals surface area contributed by atoms with E-state index >= 15 is 0 Å². The van der Waals surface area contributed by atoms with Crippen LogP contribution in [0.4, 0.5) is 0 Å². The Hall–Kier alpha value is -1.38. The second-order valence-corrected chi connectivity index (χ2v) is 7.02. The molecule has 1 rings (SSSR count). The summed E-state index contributed by atoms with van der Waals surface area (Å²) in [5.41, 5.74) is 1.93. The van der Waals surface area contributed by atoms with E-state index in [0.29, 0.717) is 6.61 Å². The first-order chi connectivity index (χ1) is 12.2. The Balaban J connectivity index is 2.51. The number of hydrogen-bond acceptors (Lipinski definition) is 3. The average molecular weight is 351 g/mol. The smallest absolute Gasteiger partial charge is 0.161 e. The lowest BCUT2D eigenvalue weighted by Gasteiger charge is -2.17. The highest BCUT2D eigenvalue weighted by atomic mass is 16.5. The summed E-state index contributed by atoms with van der Waals surface area (Å²) in [5, 5.41) is 20.2. The van der Waals surface area contributed by atoms with Gasteiger partial charge in [0.05, 0.1) is 6.61 Å². The van der Waals surface area contributed by atoms with E-state index in [-0.39, 0.29) is 11.5 Å². The zero-order chi connectivity index (χ0) is 18.5. The van der Waals surface area contributed by atoms with Crippen LogP contribution >= 0.6 is 0 Å². The summed E-state index contributed by atoms with van der Waals surface area (Å²) < 4.78 is 5.99. The van der Waals surface area contributed by atoms with Gasteiger partial charge in [0, 0.05) is 17.2 Å². The van der Waals surface area contributed by atoms with Crippen molar-refractivity contribution in [3.63, 3.8) is 0 Å². The van der Waals surface area contributed by atoms with Crippen LogP contribution in [0.2, 0.25) is 0 Å². The first-order valence-corrected chi connectivity index (χ1v) is 10.3. The number of benzene rings is 1. The van der Waals surface area contributed by atoms with Crippen molar-refractivity contribution in [1.82, 2.24) is 0 Å². The van der Waals surface area contributed by atoms with Crippen molar-refractivity contribution < 1.29 is 14.9 Å². The Labute approximate surface area is 154 Å². The number of ether oxygens (including phenoxy) is 1. The molecule has 0 saturated heterocycles. The van der Waals surface area contributed by atoms with E-state index in [1.165, 1.54) is 44.9 Å². The highest BCUT2D eigenvalue weighted by Crippen LogP contribution is 2.39. The summed E-state index contributed by atoms with van der Waals surface area (Å²) in [6.07, 6.45) is 13.8. The Kier molecular flexibility index (Phi) is 11.2. The quantitative estimate of drug-likeness (QED) is 0.296. The van der Waals surface area contributed by atoms with Gasteiger partial charge < -0.3 is 14.9 Å². The number of hydrogen-bond donors (Lipinski definition) is 2. The molecule has 0 aliphatic carbocycles. The van der Waals surface area contributed by atoms with Crippen molar-refractivity contribution in [2.75, 3.05) is 6.61 Å². The molecule has 0 aliphatic heterocycles. The third kappa shape index (κ3) is 7.58. The molecule has 0 heterocycles. The van der Waals surface area contributed by atoms with Crippen molar-refractivity contribution in [3.8, 4) is 17.2 Å². The summed E-state index contributed by atoms with van der Waals surface area (Å²) in [4.78, 5) is 0. The second kappa shape index (κ2) is 12.9. The van der Waals surface area contributed by atoms with Gasteiger partial charge in [-0.05, 0) is 19.3 Å². The molecule has 0 amide bonds. The number of phenolic OH excluding ortho intramolecular Hbond substituents is 2. The van der Waals surface area contributed by atoms with Gasteiger partial charge in [-0.1, -0.05) is 78.6 Å². The largest absolute Gasteiger partial charge is 0.504 e. The summed E-state index contributed by atoms with van der Waals surface area (Å²) in [6, 6.07) is 1.59. The highest BCUT2D eigenvalue weighted by molar-refractivity contribution is 5.56. The SMILES string of the molecule is CCCCCCCCCCOc1cc(O)c(O)c(CCC)c1CCC. The molecule has 0 bridgehead atoms. The second-order valence-electron chi connectivity index (χ2n) is 7.02. The van der Waals surface area contributed by atoms with Gasteiger partial charge in [-0.15, -0.1) is 0 Å². The van der Waals surface area contributed by atoms with Gasteiger partial charge in [-0.25, -0.2) is 0 Å². The van der Waals surface area contributed by atoms with E-state index in [4.69, 9.17) is 4.74 Å². The van der Waals surface area contributed by atoms with Gasteiger partial charge >= 0.3 is 0 Å². The van der Waals surface area contributed by atoms with Crippen molar-refractivity contribution >= 4 is 0 Å². The molecule has 0 saturated carbocycles. The Morgan fingerprint density at radius 2 is 1.28 bits per heavy atom. The van der Waals surface area contributed by atoms with Crippen LogP contribution in [-0.4, -0.2) is 16.8 Å². The predicted octanol–water partition coefficient (Wildman–Crippen LogP) is 6.52. The number of phenols is 2. The van der Waals surface area contributed by atoms with Crippen LogP contribution in [-0.2, 0) is 12.8 Å². The molecule has 1 aromatic rings. The molecule has 0 radical (unpaired) electrons. The minimum absolute atomic E-state index is 0.0322. The third-order valence-electron chi connectivity index (χ3n) is 4.71. The van der Waals surface area contributed by atoms with E-state index in [1.807, 2.05) is 0 Å². The van der Waals surface area contributed by atoms with Gasteiger partial charge in [0.15, 0.2) is 11.5 Å². The molecule has 25 heavy (non-hydrogen) atoms. The highest BCUT2D eigenvalue weighted by Gasteiger charge is 2.17. The first kappa shape index (κ1) is 21.7. The molecular formula is C22H38O3. The van der Waals surface area contributed by atoms with Crippen LogP contribution in [0.1, 0.15) is 96.1 Å². The van der Waals surface area contributed by atoms with Gasteiger partial charge in [0.1, 0.15) is 5.75 Å². The predicted molar refractivity (Wildman–Crippen MR) is 106 cm³/mol. The first-order valence-electron chi connectivity index (χ1n) is 10.3. The fourth-order valence-corrected chi connectivity index (χ4v) is 3.32. The van der Waals surface area contributed by atoms with Gasteiger partial charge in [0.25, 0.3) is 0 Å². The maximum Gasteiger partial charge on any atom is 0.161 e. The Bertz CT molecular complexity index is 483. The van der Waals surface area contributed by atoms with Crippen molar-refractivity contribution in [3.05, 3.63) is 17.2 Å².